The molecule has 0 bridgehead atoms. The maximum atomic E-state index is 12.1. The van der Waals surface area contributed by atoms with Crippen molar-refractivity contribution in [3.63, 3.8) is 0 Å². The van der Waals surface area contributed by atoms with Gasteiger partial charge in [-0.2, -0.15) is 0 Å². The first-order valence-electron chi connectivity index (χ1n) is 6.00. The van der Waals surface area contributed by atoms with E-state index in [2.05, 4.69) is 9.97 Å². The van der Waals surface area contributed by atoms with Crippen molar-refractivity contribution >= 4 is 27.8 Å². The first-order chi connectivity index (χ1) is 9.63. The number of carbonyl (C=O) groups is 1. The Balaban J connectivity index is 2.54. The third kappa shape index (κ3) is 1.70. The molecule has 0 radical (unpaired) electrons. The van der Waals surface area contributed by atoms with E-state index in [1.54, 1.807) is 18.3 Å². The minimum atomic E-state index is -1.09. The van der Waals surface area contributed by atoms with Gasteiger partial charge in [-0.15, -0.1) is 0 Å². The van der Waals surface area contributed by atoms with Gasteiger partial charge in [0.15, 0.2) is 5.43 Å². The zero-order chi connectivity index (χ0) is 14.3. The molecule has 0 fully saturated rings. The molecule has 6 nitrogen and oxygen atoms in total. The Hall–Kier alpha value is -2.60. The molecule has 0 spiro atoms. The number of benzene rings is 1. The second-order valence-electron chi connectivity index (χ2n) is 4.47. The van der Waals surface area contributed by atoms with Crippen LogP contribution in [-0.2, 0) is 11.3 Å². The van der Waals surface area contributed by atoms with E-state index in [0.717, 1.165) is 0 Å². The first-order valence-corrected chi connectivity index (χ1v) is 6.00. The van der Waals surface area contributed by atoms with Gasteiger partial charge in [-0.1, -0.05) is 6.07 Å². The lowest BCUT2D eigenvalue weighted by Gasteiger charge is -2.07. The van der Waals surface area contributed by atoms with Crippen LogP contribution in [0.15, 0.2) is 29.2 Å². The number of pyridine rings is 1. The van der Waals surface area contributed by atoms with Crippen molar-refractivity contribution in [2.24, 2.45) is 0 Å². The van der Waals surface area contributed by atoms with Crippen LogP contribution in [0.4, 0.5) is 0 Å². The summed E-state index contributed by atoms with van der Waals surface area (Å²) in [5, 5.41) is 10.3. The molecule has 2 aromatic heterocycles. The molecule has 102 valence electrons. The predicted molar refractivity (Wildman–Crippen MR) is 74.1 cm³/mol. The zero-order valence-corrected chi connectivity index (χ0v) is 10.7. The summed E-state index contributed by atoms with van der Waals surface area (Å²) in [6.07, 6.45) is 1.55. The number of hydrogen-bond donors (Lipinski definition) is 3. The molecule has 0 atom stereocenters. The Morgan fingerprint density at radius 3 is 2.80 bits per heavy atom. The van der Waals surface area contributed by atoms with E-state index in [1.807, 2.05) is 0 Å². The predicted octanol–water partition coefficient (Wildman–Crippen LogP) is 1.85. The van der Waals surface area contributed by atoms with E-state index >= 15 is 0 Å². The maximum Gasteiger partial charge on any atom is 0.352 e. The number of H-pyrrole nitrogens is 2. The van der Waals surface area contributed by atoms with Crippen LogP contribution in [0.1, 0.15) is 16.1 Å². The maximum absolute atomic E-state index is 12.1. The van der Waals surface area contributed by atoms with E-state index < -0.39 is 5.97 Å². The second-order valence-corrected chi connectivity index (χ2v) is 4.47. The number of hydrogen-bond acceptors (Lipinski definition) is 3. The van der Waals surface area contributed by atoms with E-state index in [4.69, 9.17) is 4.74 Å². The normalized spacial score (nSPS) is 11.2. The summed E-state index contributed by atoms with van der Waals surface area (Å²) in [6, 6.07) is 4.91. The number of aromatic carboxylic acids is 1. The molecule has 6 heteroatoms. The highest BCUT2D eigenvalue weighted by molar-refractivity contribution is 6.10. The van der Waals surface area contributed by atoms with E-state index in [0.29, 0.717) is 27.4 Å². The summed E-state index contributed by atoms with van der Waals surface area (Å²) in [5.74, 6) is -1.09. The van der Waals surface area contributed by atoms with Gasteiger partial charge in [0.1, 0.15) is 5.69 Å². The van der Waals surface area contributed by atoms with Crippen LogP contribution >= 0.6 is 0 Å². The molecule has 20 heavy (non-hydrogen) atoms. The van der Waals surface area contributed by atoms with Crippen LogP contribution in [0.25, 0.3) is 21.8 Å². The summed E-state index contributed by atoms with van der Waals surface area (Å²) in [5.41, 5.74) is 1.71. The molecule has 0 aliphatic heterocycles. The highest BCUT2D eigenvalue weighted by Gasteiger charge is 2.18. The number of ether oxygens (including phenoxy) is 1. The topological polar surface area (TPSA) is 95.2 Å². The van der Waals surface area contributed by atoms with Crippen LogP contribution < -0.4 is 5.43 Å². The quantitative estimate of drug-likeness (QED) is 0.678. The fourth-order valence-corrected chi connectivity index (χ4v) is 2.49. The fraction of sp³-hybridized carbons (Fsp3) is 0.143. The second kappa shape index (κ2) is 4.50. The molecule has 0 aliphatic rings. The lowest BCUT2D eigenvalue weighted by atomic mass is 10.1. The Morgan fingerprint density at radius 2 is 2.10 bits per heavy atom. The Bertz CT molecular complexity index is 876. The summed E-state index contributed by atoms with van der Waals surface area (Å²) >= 11 is 0. The molecule has 0 saturated heterocycles. The molecule has 2 heterocycles. The number of nitrogens with one attached hydrogen (secondary N) is 2. The van der Waals surface area contributed by atoms with Crippen molar-refractivity contribution in [1.29, 1.82) is 0 Å². The largest absolute Gasteiger partial charge is 0.477 e. The van der Waals surface area contributed by atoms with Crippen molar-refractivity contribution in [3.05, 3.63) is 45.9 Å². The Labute approximate surface area is 113 Å². The first kappa shape index (κ1) is 12.4. The average molecular weight is 272 g/mol. The highest BCUT2D eigenvalue weighted by Crippen LogP contribution is 2.27. The van der Waals surface area contributed by atoms with Crippen molar-refractivity contribution in [2.45, 2.75) is 6.61 Å². The van der Waals surface area contributed by atoms with Gasteiger partial charge < -0.3 is 19.8 Å². The van der Waals surface area contributed by atoms with Gasteiger partial charge in [0.25, 0.3) is 0 Å². The minimum Gasteiger partial charge on any atom is -0.477 e. The van der Waals surface area contributed by atoms with Gasteiger partial charge in [0.2, 0.25) is 0 Å². The number of methoxy groups -OCH3 is 1. The van der Waals surface area contributed by atoms with Gasteiger partial charge in [-0.25, -0.2) is 4.79 Å². The van der Waals surface area contributed by atoms with Gasteiger partial charge in [-0.05, 0) is 12.1 Å². The van der Waals surface area contributed by atoms with Gasteiger partial charge in [-0.3, -0.25) is 4.79 Å². The van der Waals surface area contributed by atoms with Gasteiger partial charge in [0.05, 0.1) is 23.0 Å². The molecule has 0 saturated carbocycles. The van der Waals surface area contributed by atoms with E-state index in [9.17, 15) is 14.7 Å². The summed E-state index contributed by atoms with van der Waals surface area (Å²) in [7, 11) is 1.48. The highest BCUT2D eigenvalue weighted by atomic mass is 16.5. The molecule has 3 N–H and O–H groups in total. The van der Waals surface area contributed by atoms with Crippen LogP contribution in [0.2, 0.25) is 0 Å². The summed E-state index contributed by atoms with van der Waals surface area (Å²) in [4.78, 5) is 29.2. The number of rotatable bonds is 3. The lowest BCUT2D eigenvalue weighted by molar-refractivity contribution is 0.0685. The number of carboxylic acids is 1. The van der Waals surface area contributed by atoms with E-state index in [-0.39, 0.29) is 17.7 Å². The Morgan fingerprint density at radius 1 is 1.30 bits per heavy atom. The van der Waals surface area contributed by atoms with E-state index in [1.165, 1.54) is 13.2 Å². The third-order valence-electron chi connectivity index (χ3n) is 3.28. The summed E-state index contributed by atoms with van der Waals surface area (Å²) < 4.78 is 5.09. The van der Waals surface area contributed by atoms with Crippen LogP contribution in [-0.4, -0.2) is 28.2 Å². The molecule has 1 aromatic carbocycles. The van der Waals surface area contributed by atoms with Crippen LogP contribution in [0, 0.1) is 0 Å². The molecule has 0 unspecified atom stereocenters. The van der Waals surface area contributed by atoms with Gasteiger partial charge >= 0.3 is 5.97 Å². The average Bonchev–Trinajstić information content (AvgIpc) is 2.79. The number of aromatic nitrogens is 2. The smallest absolute Gasteiger partial charge is 0.352 e. The van der Waals surface area contributed by atoms with Crippen molar-refractivity contribution in [1.82, 2.24) is 9.97 Å². The summed E-state index contributed by atoms with van der Waals surface area (Å²) in [6.45, 7) is 0.108. The van der Waals surface area contributed by atoms with Crippen LogP contribution in [0.5, 0.6) is 0 Å². The standard InChI is InChI=1S/C14H12N2O4/c1-20-6-7-11-9(5-15-13(7)14(18)19)16-8-3-2-4-10(17)12(8)11/h2-5,15-16H,6H2,1H3,(H,18,19). The zero-order valence-electron chi connectivity index (χ0n) is 10.7. The molecule has 3 rings (SSSR count). The van der Waals surface area contributed by atoms with Gasteiger partial charge in [0, 0.05) is 24.3 Å². The fourth-order valence-electron chi connectivity index (χ4n) is 2.49. The van der Waals surface area contributed by atoms with Crippen molar-refractivity contribution in [3.8, 4) is 0 Å². The lowest BCUT2D eigenvalue weighted by Crippen LogP contribution is -2.08. The molecule has 0 amide bonds. The molecular formula is C14H12N2O4. The monoisotopic (exact) mass is 272 g/mol. The SMILES string of the molecule is COCc1c(C(=O)O)[nH]cc2[nH]c3cccc(=O)c3c12. The number of aromatic amines is 2. The Kier molecular flexibility index (Phi) is 2.80. The molecule has 3 aromatic rings. The third-order valence-corrected chi connectivity index (χ3v) is 3.28. The number of fused-ring (bicyclic) bond motifs is 3. The van der Waals surface area contributed by atoms with Crippen LogP contribution in [0.3, 0.4) is 0 Å². The molecular weight excluding hydrogens is 260 g/mol. The minimum absolute atomic E-state index is 0.0310. The van der Waals surface area contributed by atoms with Crippen molar-refractivity contribution in [2.75, 3.05) is 7.11 Å². The molecule has 0 aliphatic carbocycles. The number of carboxylic acid groups (broad SMARTS) is 1. The van der Waals surface area contributed by atoms with Crippen molar-refractivity contribution < 1.29 is 14.6 Å².